The van der Waals surface area contributed by atoms with Crippen LogP contribution in [-0.2, 0) is 6.54 Å². The van der Waals surface area contributed by atoms with E-state index in [1.54, 1.807) is 16.8 Å². The molecule has 4 nitrogen and oxygen atoms in total. The SMILES string of the molecule is CNC(Cn1cccnc1=O)C1CC1. The molecule has 1 fully saturated rings. The van der Waals surface area contributed by atoms with E-state index in [2.05, 4.69) is 10.3 Å². The maximum absolute atomic E-state index is 11.3. The maximum atomic E-state index is 11.3. The average molecular weight is 193 g/mol. The number of aromatic nitrogens is 2. The Morgan fingerprint density at radius 2 is 2.50 bits per heavy atom. The van der Waals surface area contributed by atoms with Gasteiger partial charge in [-0.2, -0.15) is 0 Å². The van der Waals surface area contributed by atoms with E-state index >= 15 is 0 Å². The molecule has 4 heteroatoms. The van der Waals surface area contributed by atoms with Crippen LogP contribution in [-0.4, -0.2) is 22.6 Å². The first kappa shape index (κ1) is 9.40. The van der Waals surface area contributed by atoms with Gasteiger partial charge in [0.05, 0.1) is 0 Å². The molecule has 14 heavy (non-hydrogen) atoms. The monoisotopic (exact) mass is 193 g/mol. The van der Waals surface area contributed by atoms with E-state index in [0.29, 0.717) is 6.04 Å². The first-order valence-corrected chi connectivity index (χ1v) is 5.00. The number of hydrogen-bond donors (Lipinski definition) is 1. The molecule has 0 saturated heterocycles. The highest BCUT2D eigenvalue weighted by Gasteiger charge is 2.30. The maximum Gasteiger partial charge on any atom is 0.347 e. The molecule has 0 amide bonds. The highest BCUT2D eigenvalue weighted by Crippen LogP contribution is 2.32. The second kappa shape index (κ2) is 3.92. The highest BCUT2D eigenvalue weighted by molar-refractivity contribution is 4.88. The lowest BCUT2D eigenvalue weighted by atomic mass is 10.2. The Hall–Kier alpha value is -1.16. The molecule has 1 aliphatic rings. The summed E-state index contributed by atoms with van der Waals surface area (Å²) in [4.78, 5) is 15.1. The molecule has 0 aliphatic heterocycles. The molecule has 76 valence electrons. The zero-order chi connectivity index (χ0) is 9.97. The second-order valence-electron chi connectivity index (χ2n) is 3.79. The largest absolute Gasteiger partial charge is 0.347 e. The Morgan fingerprint density at radius 3 is 3.07 bits per heavy atom. The van der Waals surface area contributed by atoms with Crippen LogP contribution in [0.15, 0.2) is 23.3 Å². The van der Waals surface area contributed by atoms with Crippen LogP contribution in [0.5, 0.6) is 0 Å². The van der Waals surface area contributed by atoms with E-state index in [1.165, 1.54) is 19.0 Å². The van der Waals surface area contributed by atoms with Gasteiger partial charge in [0.1, 0.15) is 0 Å². The van der Waals surface area contributed by atoms with Gasteiger partial charge >= 0.3 is 5.69 Å². The van der Waals surface area contributed by atoms with Crippen LogP contribution in [0.4, 0.5) is 0 Å². The normalized spacial score (nSPS) is 18.1. The minimum Gasteiger partial charge on any atom is -0.315 e. The standard InChI is InChI=1S/C10H15N3O/c1-11-9(8-3-4-8)7-13-6-2-5-12-10(13)14/h2,5-6,8-9,11H,3-4,7H2,1H3. The summed E-state index contributed by atoms with van der Waals surface area (Å²) < 4.78 is 1.67. The van der Waals surface area contributed by atoms with Crippen molar-refractivity contribution < 1.29 is 0 Å². The second-order valence-corrected chi connectivity index (χ2v) is 3.79. The van der Waals surface area contributed by atoms with E-state index in [9.17, 15) is 4.79 Å². The van der Waals surface area contributed by atoms with Crippen molar-refractivity contribution in [3.63, 3.8) is 0 Å². The number of likely N-dealkylation sites (N-methyl/N-ethyl adjacent to an activating group) is 1. The van der Waals surface area contributed by atoms with E-state index in [4.69, 9.17) is 0 Å². The van der Waals surface area contributed by atoms with Gasteiger partial charge in [0, 0.05) is 25.0 Å². The number of hydrogen-bond acceptors (Lipinski definition) is 3. The molecule has 1 saturated carbocycles. The molecule has 1 atom stereocenters. The molecular weight excluding hydrogens is 178 g/mol. The highest BCUT2D eigenvalue weighted by atomic mass is 16.1. The first-order valence-electron chi connectivity index (χ1n) is 5.00. The van der Waals surface area contributed by atoms with Gasteiger partial charge in [-0.25, -0.2) is 9.78 Å². The minimum atomic E-state index is -0.159. The van der Waals surface area contributed by atoms with Gasteiger partial charge in [-0.05, 0) is 31.9 Å². The van der Waals surface area contributed by atoms with Crippen molar-refractivity contribution in [2.24, 2.45) is 5.92 Å². The van der Waals surface area contributed by atoms with Gasteiger partial charge in [0.25, 0.3) is 0 Å². The molecule has 1 aromatic rings. The van der Waals surface area contributed by atoms with Gasteiger partial charge in [-0.3, -0.25) is 4.57 Å². The molecule has 1 unspecified atom stereocenters. The van der Waals surface area contributed by atoms with Gasteiger partial charge in [-0.15, -0.1) is 0 Å². The Balaban J connectivity index is 2.08. The first-order chi connectivity index (χ1) is 6.81. The fourth-order valence-corrected chi connectivity index (χ4v) is 1.71. The summed E-state index contributed by atoms with van der Waals surface area (Å²) in [7, 11) is 1.95. The van der Waals surface area contributed by atoms with Crippen LogP contribution >= 0.6 is 0 Å². The number of nitrogens with zero attached hydrogens (tertiary/aromatic N) is 2. The quantitative estimate of drug-likeness (QED) is 0.745. The summed E-state index contributed by atoms with van der Waals surface area (Å²) in [6.45, 7) is 0.730. The van der Waals surface area contributed by atoms with E-state index in [1.807, 2.05) is 7.05 Å². The summed E-state index contributed by atoms with van der Waals surface area (Å²) in [6.07, 6.45) is 5.88. The van der Waals surface area contributed by atoms with Crippen LogP contribution in [0.2, 0.25) is 0 Å². The van der Waals surface area contributed by atoms with Crippen molar-refractivity contribution >= 4 is 0 Å². The van der Waals surface area contributed by atoms with Gasteiger partial charge in [0.2, 0.25) is 0 Å². The molecule has 1 aliphatic carbocycles. The Bertz CT molecular complexity index is 356. The van der Waals surface area contributed by atoms with Crippen molar-refractivity contribution in [3.8, 4) is 0 Å². The number of nitrogens with one attached hydrogen (secondary N) is 1. The third kappa shape index (κ3) is 2.01. The zero-order valence-electron chi connectivity index (χ0n) is 8.31. The van der Waals surface area contributed by atoms with Gasteiger partial charge < -0.3 is 5.32 Å². The Labute approximate surface area is 83.0 Å². The van der Waals surface area contributed by atoms with Crippen LogP contribution in [0.3, 0.4) is 0 Å². The average Bonchev–Trinajstić information content (AvgIpc) is 3.00. The van der Waals surface area contributed by atoms with Crippen molar-refractivity contribution in [1.82, 2.24) is 14.9 Å². The fourth-order valence-electron chi connectivity index (χ4n) is 1.71. The Kier molecular flexibility index (Phi) is 2.63. The summed E-state index contributed by atoms with van der Waals surface area (Å²) in [5.74, 6) is 0.743. The van der Waals surface area contributed by atoms with Crippen LogP contribution in [0.1, 0.15) is 12.8 Å². The third-order valence-corrected chi connectivity index (χ3v) is 2.74. The molecular formula is C10H15N3O. The lowest BCUT2D eigenvalue weighted by Gasteiger charge is -2.15. The van der Waals surface area contributed by atoms with Crippen LogP contribution in [0.25, 0.3) is 0 Å². The van der Waals surface area contributed by atoms with E-state index in [-0.39, 0.29) is 5.69 Å². The fraction of sp³-hybridized carbons (Fsp3) is 0.600. The molecule has 2 rings (SSSR count). The lowest BCUT2D eigenvalue weighted by Crippen LogP contribution is -2.36. The Morgan fingerprint density at radius 1 is 1.71 bits per heavy atom. The third-order valence-electron chi connectivity index (χ3n) is 2.74. The predicted octanol–water partition coefficient (Wildman–Crippen LogP) is 0.241. The molecule has 1 N–H and O–H groups in total. The summed E-state index contributed by atoms with van der Waals surface area (Å²) in [5.41, 5.74) is -0.159. The molecule has 0 spiro atoms. The summed E-state index contributed by atoms with van der Waals surface area (Å²) in [5, 5.41) is 3.25. The molecule has 1 heterocycles. The van der Waals surface area contributed by atoms with Crippen LogP contribution in [0, 0.1) is 5.92 Å². The predicted molar refractivity (Wildman–Crippen MR) is 54.1 cm³/mol. The molecule has 0 aromatic carbocycles. The van der Waals surface area contributed by atoms with Crippen molar-refractivity contribution in [2.45, 2.75) is 25.4 Å². The van der Waals surface area contributed by atoms with Gasteiger partial charge in [-0.1, -0.05) is 0 Å². The van der Waals surface area contributed by atoms with Gasteiger partial charge in [0.15, 0.2) is 0 Å². The molecule has 0 radical (unpaired) electrons. The summed E-state index contributed by atoms with van der Waals surface area (Å²) >= 11 is 0. The van der Waals surface area contributed by atoms with Crippen LogP contribution < -0.4 is 11.0 Å². The topological polar surface area (TPSA) is 46.9 Å². The zero-order valence-corrected chi connectivity index (χ0v) is 8.31. The van der Waals surface area contributed by atoms with Crippen molar-refractivity contribution in [3.05, 3.63) is 28.9 Å². The molecule has 0 bridgehead atoms. The van der Waals surface area contributed by atoms with E-state index < -0.39 is 0 Å². The minimum absolute atomic E-state index is 0.159. The summed E-state index contributed by atoms with van der Waals surface area (Å²) in [6, 6.07) is 2.21. The van der Waals surface area contributed by atoms with Crippen molar-refractivity contribution in [1.29, 1.82) is 0 Å². The lowest BCUT2D eigenvalue weighted by molar-refractivity contribution is 0.426. The molecule has 1 aromatic heterocycles. The van der Waals surface area contributed by atoms with Crippen molar-refractivity contribution in [2.75, 3.05) is 7.05 Å². The smallest absolute Gasteiger partial charge is 0.315 e. The number of rotatable bonds is 4. The van der Waals surface area contributed by atoms with E-state index in [0.717, 1.165) is 12.5 Å².